The van der Waals surface area contributed by atoms with Crippen LogP contribution in [0.25, 0.3) is 0 Å². The summed E-state index contributed by atoms with van der Waals surface area (Å²) >= 11 is 0. The molecule has 3 nitrogen and oxygen atoms in total. The number of phenolic OH excluding ortho intramolecular Hbond substituents is 1. The Morgan fingerprint density at radius 3 is 2.83 bits per heavy atom. The Morgan fingerprint density at radius 1 is 1.50 bits per heavy atom. The zero-order chi connectivity index (χ0) is 8.97. The lowest BCUT2D eigenvalue weighted by Crippen LogP contribution is -1.88. The average molecular weight is 162 g/mol. The minimum Gasteiger partial charge on any atom is -0.508 e. The summed E-state index contributed by atoms with van der Waals surface area (Å²) in [6.45, 7) is 0. The van der Waals surface area contributed by atoms with Gasteiger partial charge in [0.1, 0.15) is 5.75 Å². The Morgan fingerprint density at radius 2 is 2.25 bits per heavy atom. The standard InChI is InChI=1S/C9H10N2O/c10-5-1-2-7-3-4-8(11)6-9(7)12/h3-4,6,12H,1-2,11H2. The van der Waals surface area contributed by atoms with E-state index in [1.807, 2.05) is 6.07 Å². The van der Waals surface area contributed by atoms with E-state index in [4.69, 9.17) is 11.0 Å². The van der Waals surface area contributed by atoms with E-state index in [-0.39, 0.29) is 5.75 Å². The Labute approximate surface area is 71.1 Å². The molecule has 0 aliphatic rings. The maximum atomic E-state index is 9.33. The molecular formula is C9H10N2O. The number of nitrogen functional groups attached to an aromatic ring is 1. The number of nitrogens with two attached hydrogens (primary N) is 1. The van der Waals surface area contributed by atoms with Gasteiger partial charge < -0.3 is 10.8 Å². The van der Waals surface area contributed by atoms with Crippen LogP contribution in [-0.2, 0) is 6.42 Å². The molecule has 1 rings (SSSR count). The van der Waals surface area contributed by atoms with Crippen molar-refractivity contribution in [2.45, 2.75) is 12.8 Å². The molecule has 0 unspecified atom stereocenters. The lowest BCUT2D eigenvalue weighted by atomic mass is 10.1. The van der Waals surface area contributed by atoms with E-state index >= 15 is 0 Å². The van der Waals surface area contributed by atoms with Crippen molar-refractivity contribution in [2.75, 3.05) is 5.73 Å². The van der Waals surface area contributed by atoms with Crippen molar-refractivity contribution >= 4 is 5.69 Å². The van der Waals surface area contributed by atoms with Crippen LogP contribution < -0.4 is 5.73 Å². The molecule has 0 amide bonds. The van der Waals surface area contributed by atoms with Crippen LogP contribution in [0.4, 0.5) is 5.69 Å². The second-order valence-electron chi connectivity index (χ2n) is 2.55. The van der Waals surface area contributed by atoms with E-state index in [1.165, 1.54) is 6.07 Å². The van der Waals surface area contributed by atoms with Gasteiger partial charge in [-0.2, -0.15) is 5.26 Å². The number of phenols is 1. The molecular weight excluding hydrogens is 152 g/mol. The molecule has 0 saturated carbocycles. The maximum absolute atomic E-state index is 9.33. The van der Waals surface area contributed by atoms with Crippen LogP contribution in [0.3, 0.4) is 0 Å². The van der Waals surface area contributed by atoms with Crippen LogP contribution in [0, 0.1) is 11.3 Å². The number of aryl methyl sites for hydroxylation is 1. The summed E-state index contributed by atoms with van der Waals surface area (Å²) in [4.78, 5) is 0. The second-order valence-corrected chi connectivity index (χ2v) is 2.55. The van der Waals surface area contributed by atoms with Crippen molar-refractivity contribution in [2.24, 2.45) is 0 Å². The van der Waals surface area contributed by atoms with E-state index in [0.717, 1.165) is 5.56 Å². The smallest absolute Gasteiger partial charge is 0.120 e. The van der Waals surface area contributed by atoms with Gasteiger partial charge in [0, 0.05) is 18.2 Å². The van der Waals surface area contributed by atoms with E-state index in [0.29, 0.717) is 18.5 Å². The number of anilines is 1. The highest BCUT2D eigenvalue weighted by molar-refractivity contribution is 5.47. The van der Waals surface area contributed by atoms with Crippen molar-refractivity contribution in [3.8, 4) is 11.8 Å². The van der Waals surface area contributed by atoms with Crippen LogP contribution in [0.5, 0.6) is 5.75 Å². The number of nitriles is 1. The Kier molecular flexibility index (Phi) is 2.54. The van der Waals surface area contributed by atoms with Crippen molar-refractivity contribution in [3.63, 3.8) is 0 Å². The van der Waals surface area contributed by atoms with Crippen molar-refractivity contribution < 1.29 is 5.11 Å². The maximum Gasteiger partial charge on any atom is 0.120 e. The summed E-state index contributed by atoms with van der Waals surface area (Å²) in [6, 6.07) is 6.96. The first-order valence-corrected chi connectivity index (χ1v) is 3.68. The Bertz CT molecular complexity index is 315. The fourth-order valence-electron chi connectivity index (χ4n) is 0.983. The predicted octanol–water partition coefficient (Wildman–Crippen LogP) is 1.43. The molecule has 0 aromatic heterocycles. The van der Waals surface area contributed by atoms with Gasteiger partial charge in [0.05, 0.1) is 6.07 Å². The normalized spacial score (nSPS) is 9.25. The molecule has 62 valence electrons. The van der Waals surface area contributed by atoms with Gasteiger partial charge in [-0.05, 0) is 18.1 Å². The van der Waals surface area contributed by atoms with Gasteiger partial charge in [-0.25, -0.2) is 0 Å². The van der Waals surface area contributed by atoms with Crippen molar-refractivity contribution in [1.29, 1.82) is 5.26 Å². The van der Waals surface area contributed by atoms with Crippen LogP contribution in [0.15, 0.2) is 18.2 Å². The largest absolute Gasteiger partial charge is 0.508 e. The molecule has 0 aliphatic carbocycles. The van der Waals surface area contributed by atoms with Gasteiger partial charge in [0.15, 0.2) is 0 Å². The van der Waals surface area contributed by atoms with Gasteiger partial charge >= 0.3 is 0 Å². The van der Waals surface area contributed by atoms with Gasteiger partial charge in [-0.15, -0.1) is 0 Å². The number of rotatable bonds is 2. The fourth-order valence-corrected chi connectivity index (χ4v) is 0.983. The zero-order valence-electron chi connectivity index (χ0n) is 6.62. The first kappa shape index (κ1) is 8.41. The zero-order valence-corrected chi connectivity index (χ0v) is 6.62. The highest BCUT2D eigenvalue weighted by Crippen LogP contribution is 2.20. The lowest BCUT2D eigenvalue weighted by molar-refractivity contribution is 0.468. The molecule has 0 fully saturated rings. The molecule has 0 spiro atoms. The van der Waals surface area contributed by atoms with Gasteiger partial charge in [-0.3, -0.25) is 0 Å². The summed E-state index contributed by atoms with van der Waals surface area (Å²) in [5, 5.41) is 17.6. The molecule has 0 atom stereocenters. The molecule has 0 radical (unpaired) electrons. The van der Waals surface area contributed by atoms with E-state index in [2.05, 4.69) is 0 Å². The highest BCUT2D eigenvalue weighted by Gasteiger charge is 1.99. The fraction of sp³-hybridized carbons (Fsp3) is 0.222. The highest BCUT2D eigenvalue weighted by atomic mass is 16.3. The van der Waals surface area contributed by atoms with Crippen molar-refractivity contribution in [3.05, 3.63) is 23.8 Å². The molecule has 0 saturated heterocycles. The van der Waals surface area contributed by atoms with E-state index < -0.39 is 0 Å². The topological polar surface area (TPSA) is 70.0 Å². The molecule has 3 heteroatoms. The molecule has 1 aromatic carbocycles. The Balaban J connectivity index is 2.81. The van der Waals surface area contributed by atoms with Gasteiger partial charge in [-0.1, -0.05) is 6.07 Å². The third kappa shape index (κ3) is 1.89. The summed E-state index contributed by atoms with van der Waals surface area (Å²) in [7, 11) is 0. The minimum absolute atomic E-state index is 0.172. The van der Waals surface area contributed by atoms with Crippen LogP contribution >= 0.6 is 0 Å². The number of benzene rings is 1. The first-order valence-electron chi connectivity index (χ1n) is 3.68. The number of hydrogen-bond acceptors (Lipinski definition) is 3. The summed E-state index contributed by atoms with van der Waals surface area (Å²) in [5.74, 6) is 0.172. The van der Waals surface area contributed by atoms with E-state index in [1.54, 1.807) is 12.1 Å². The number of hydrogen-bond donors (Lipinski definition) is 2. The molecule has 12 heavy (non-hydrogen) atoms. The Hall–Kier alpha value is -1.69. The number of aromatic hydroxyl groups is 1. The lowest BCUT2D eigenvalue weighted by Gasteiger charge is -2.01. The predicted molar refractivity (Wildman–Crippen MR) is 46.5 cm³/mol. The van der Waals surface area contributed by atoms with Gasteiger partial charge in [0.2, 0.25) is 0 Å². The molecule has 0 aliphatic heterocycles. The quantitative estimate of drug-likeness (QED) is 0.646. The second kappa shape index (κ2) is 3.63. The van der Waals surface area contributed by atoms with E-state index in [9.17, 15) is 5.11 Å². The molecule has 3 N–H and O–H groups in total. The molecule has 1 aromatic rings. The van der Waals surface area contributed by atoms with Crippen LogP contribution in [0.2, 0.25) is 0 Å². The summed E-state index contributed by atoms with van der Waals surface area (Å²) < 4.78 is 0. The monoisotopic (exact) mass is 162 g/mol. The molecule has 0 heterocycles. The van der Waals surface area contributed by atoms with Gasteiger partial charge in [0.25, 0.3) is 0 Å². The molecule has 0 bridgehead atoms. The van der Waals surface area contributed by atoms with Crippen LogP contribution in [-0.4, -0.2) is 5.11 Å². The summed E-state index contributed by atoms with van der Waals surface area (Å²) in [5.41, 5.74) is 6.74. The van der Waals surface area contributed by atoms with Crippen molar-refractivity contribution in [1.82, 2.24) is 0 Å². The summed E-state index contributed by atoms with van der Waals surface area (Å²) in [6.07, 6.45) is 0.986. The average Bonchev–Trinajstić information content (AvgIpc) is 2.03. The minimum atomic E-state index is 0.172. The van der Waals surface area contributed by atoms with Crippen LogP contribution in [0.1, 0.15) is 12.0 Å². The SMILES string of the molecule is N#CCCc1ccc(N)cc1O. The third-order valence-electron chi connectivity index (χ3n) is 1.62. The third-order valence-corrected chi connectivity index (χ3v) is 1.62. The number of nitrogens with zero attached hydrogens (tertiary/aromatic N) is 1. The first-order chi connectivity index (χ1) is 5.74.